The first kappa shape index (κ1) is 15.4. The Hall–Kier alpha value is -2.47. The monoisotopic (exact) mass is 313 g/mol. The molecule has 2 aromatic rings. The first-order valence-corrected chi connectivity index (χ1v) is 7.54. The Bertz CT molecular complexity index is 661. The fraction of sp³-hybridized carbons (Fsp3) is 0.353. The Morgan fingerprint density at radius 3 is 2.83 bits per heavy atom. The zero-order valence-electron chi connectivity index (χ0n) is 12.9. The van der Waals surface area contributed by atoms with Gasteiger partial charge in [0, 0.05) is 43.2 Å². The molecule has 1 aliphatic heterocycles. The number of amides is 1. The summed E-state index contributed by atoms with van der Waals surface area (Å²) in [7, 11) is 1.53. The van der Waals surface area contributed by atoms with Gasteiger partial charge in [0.05, 0.1) is 18.8 Å². The van der Waals surface area contributed by atoms with Crippen molar-refractivity contribution in [2.24, 2.45) is 5.92 Å². The van der Waals surface area contributed by atoms with Crippen LogP contribution in [0.25, 0.3) is 0 Å². The number of ether oxygens (including phenoxy) is 1. The summed E-state index contributed by atoms with van der Waals surface area (Å²) in [4.78, 5) is 22.5. The van der Waals surface area contributed by atoms with Crippen LogP contribution in [0.3, 0.4) is 0 Å². The number of aliphatic hydroxyl groups is 1. The summed E-state index contributed by atoms with van der Waals surface area (Å²) < 4.78 is 4.99. The van der Waals surface area contributed by atoms with Gasteiger partial charge in [-0.05, 0) is 24.6 Å². The van der Waals surface area contributed by atoms with E-state index in [9.17, 15) is 9.90 Å². The predicted octanol–water partition coefficient (Wildman–Crippen LogP) is 1.16. The molecule has 0 aromatic carbocycles. The van der Waals surface area contributed by atoms with Gasteiger partial charge in [-0.15, -0.1) is 0 Å². The normalized spacial score (nSPS) is 20.5. The molecule has 1 aliphatic rings. The number of hydrogen-bond donors (Lipinski definition) is 1. The highest BCUT2D eigenvalue weighted by Crippen LogP contribution is 2.22. The van der Waals surface area contributed by atoms with Crippen LogP contribution >= 0.6 is 0 Å². The topological polar surface area (TPSA) is 75.5 Å². The van der Waals surface area contributed by atoms with E-state index in [1.807, 2.05) is 18.2 Å². The molecule has 1 fully saturated rings. The molecule has 1 saturated heterocycles. The number of likely N-dealkylation sites (tertiary alicyclic amines) is 1. The Morgan fingerprint density at radius 1 is 1.30 bits per heavy atom. The summed E-state index contributed by atoms with van der Waals surface area (Å²) in [6.07, 6.45) is 3.36. The second kappa shape index (κ2) is 6.75. The first-order chi connectivity index (χ1) is 11.2. The predicted molar refractivity (Wildman–Crippen MR) is 84.1 cm³/mol. The van der Waals surface area contributed by atoms with Crippen molar-refractivity contribution < 1.29 is 14.6 Å². The quantitative estimate of drug-likeness (QED) is 0.917. The van der Waals surface area contributed by atoms with Crippen molar-refractivity contribution in [3.05, 3.63) is 54.0 Å². The molecule has 2 aromatic heterocycles. The zero-order valence-corrected chi connectivity index (χ0v) is 12.9. The molecule has 0 radical (unpaired) electrons. The van der Waals surface area contributed by atoms with Gasteiger partial charge in [0.25, 0.3) is 5.91 Å². The van der Waals surface area contributed by atoms with Crippen molar-refractivity contribution >= 4 is 5.91 Å². The molecule has 0 saturated carbocycles. The van der Waals surface area contributed by atoms with E-state index in [4.69, 9.17) is 4.74 Å². The molecule has 3 rings (SSSR count). The molecule has 0 spiro atoms. The second-order valence-corrected chi connectivity index (χ2v) is 5.65. The number of carbonyl (C=O) groups excluding carboxylic acids is 1. The largest absolute Gasteiger partial charge is 0.481 e. The Labute approximate surface area is 134 Å². The lowest BCUT2D eigenvalue weighted by atomic mass is 10.00. The smallest absolute Gasteiger partial charge is 0.255 e. The Morgan fingerprint density at radius 2 is 2.17 bits per heavy atom. The van der Waals surface area contributed by atoms with Crippen LogP contribution in [-0.2, 0) is 6.42 Å². The molecule has 0 unspecified atom stereocenters. The molecule has 120 valence electrons. The highest BCUT2D eigenvalue weighted by atomic mass is 16.5. The van der Waals surface area contributed by atoms with E-state index in [0.29, 0.717) is 31.0 Å². The van der Waals surface area contributed by atoms with Crippen LogP contribution in [0.2, 0.25) is 0 Å². The average Bonchev–Trinajstić information content (AvgIpc) is 2.96. The number of pyridine rings is 2. The lowest BCUT2D eigenvalue weighted by Gasteiger charge is -2.16. The fourth-order valence-electron chi connectivity index (χ4n) is 2.82. The van der Waals surface area contributed by atoms with Crippen LogP contribution in [-0.4, -0.2) is 52.2 Å². The van der Waals surface area contributed by atoms with Crippen molar-refractivity contribution in [1.29, 1.82) is 0 Å². The van der Waals surface area contributed by atoms with Crippen LogP contribution in [0.1, 0.15) is 16.1 Å². The minimum atomic E-state index is -0.535. The van der Waals surface area contributed by atoms with Crippen LogP contribution in [0.5, 0.6) is 5.88 Å². The van der Waals surface area contributed by atoms with E-state index in [-0.39, 0.29) is 11.8 Å². The van der Waals surface area contributed by atoms with Crippen LogP contribution in [0, 0.1) is 5.92 Å². The van der Waals surface area contributed by atoms with E-state index < -0.39 is 6.10 Å². The van der Waals surface area contributed by atoms with Gasteiger partial charge in [-0.1, -0.05) is 6.07 Å². The van der Waals surface area contributed by atoms with Gasteiger partial charge < -0.3 is 14.7 Å². The molecule has 23 heavy (non-hydrogen) atoms. The molecule has 0 aliphatic carbocycles. The van der Waals surface area contributed by atoms with Crippen molar-refractivity contribution in [2.75, 3.05) is 20.2 Å². The summed E-state index contributed by atoms with van der Waals surface area (Å²) in [5, 5.41) is 10.2. The van der Waals surface area contributed by atoms with Crippen molar-refractivity contribution in [1.82, 2.24) is 14.9 Å². The minimum Gasteiger partial charge on any atom is -0.481 e. The van der Waals surface area contributed by atoms with E-state index >= 15 is 0 Å². The van der Waals surface area contributed by atoms with Crippen LogP contribution in [0.15, 0.2) is 42.7 Å². The van der Waals surface area contributed by atoms with Crippen LogP contribution in [0.4, 0.5) is 0 Å². The van der Waals surface area contributed by atoms with Gasteiger partial charge in [0.15, 0.2) is 0 Å². The van der Waals surface area contributed by atoms with Gasteiger partial charge in [-0.25, -0.2) is 4.98 Å². The van der Waals surface area contributed by atoms with Crippen LogP contribution < -0.4 is 4.74 Å². The lowest BCUT2D eigenvalue weighted by Crippen LogP contribution is -2.29. The number of hydrogen-bond acceptors (Lipinski definition) is 5. The van der Waals surface area contributed by atoms with Crippen molar-refractivity contribution in [3.63, 3.8) is 0 Å². The van der Waals surface area contributed by atoms with Gasteiger partial charge in [-0.2, -0.15) is 0 Å². The maximum Gasteiger partial charge on any atom is 0.255 e. The second-order valence-electron chi connectivity index (χ2n) is 5.65. The highest BCUT2D eigenvalue weighted by molar-refractivity contribution is 5.94. The third-order valence-corrected chi connectivity index (χ3v) is 4.08. The number of carbonyl (C=O) groups is 1. The molecule has 3 heterocycles. The first-order valence-electron chi connectivity index (χ1n) is 7.54. The summed E-state index contributed by atoms with van der Waals surface area (Å²) >= 11 is 0. The SMILES string of the molecule is COc1ccc(C(=O)N2C[C@@H](Cc3ccccn3)[C@H](O)C2)cn1. The van der Waals surface area contributed by atoms with E-state index in [1.165, 1.54) is 13.3 Å². The molecule has 1 N–H and O–H groups in total. The molecule has 6 heteroatoms. The molecule has 1 amide bonds. The standard InChI is InChI=1S/C17H19N3O3/c1-23-16-6-5-12(9-19-16)17(22)20-10-13(15(21)11-20)8-14-4-2-3-7-18-14/h2-7,9,13,15,21H,8,10-11H2,1H3/t13-,15-/m1/s1. The van der Waals surface area contributed by atoms with Gasteiger partial charge in [0.1, 0.15) is 0 Å². The maximum atomic E-state index is 12.5. The summed E-state index contributed by atoms with van der Waals surface area (Å²) in [6, 6.07) is 9.07. The zero-order chi connectivity index (χ0) is 16.2. The van der Waals surface area contributed by atoms with E-state index in [2.05, 4.69) is 9.97 Å². The molecule has 6 nitrogen and oxygen atoms in total. The third kappa shape index (κ3) is 3.48. The maximum absolute atomic E-state index is 12.5. The van der Waals surface area contributed by atoms with E-state index in [1.54, 1.807) is 23.2 Å². The van der Waals surface area contributed by atoms with Gasteiger partial charge in [-0.3, -0.25) is 9.78 Å². The molecular formula is C17H19N3O3. The van der Waals surface area contributed by atoms with Crippen molar-refractivity contribution in [3.8, 4) is 5.88 Å². The Balaban J connectivity index is 1.66. The van der Waals surface area contributed by atoms with Gasteiger partial charge >= 0.3 is 0 Å². The highest BCUT2D eigenvalue weighted by Gasteiger charge is 2.34. The van der Waals surface area contributed by atoms with Crippen molar-refractivity contribution in [2.45, 2.75) is 12.5 Å². The minimum absolute atomic E-state index is 0.0000533. The number of methoxy groups -OCH3 is 1. The van der Waals surface area contributed by atoms with E-state index in [0.717, 1.165) is 5.69 Å². The average molecular weight is 313 g/mol. The molecule has 0 bridgehead atoms. The summed E-state index contributed by atoms with van der Waals surface area (Å²) in [6.45, 7) is 0.852. The number of aromatic nitrogens is 2. The van der Waals surface area contributed by atoms with Gasteiger partial charge in [0.2, 0.25) is 5.88 Å². The fourth-order valence-corrected chi connectivity index (χ4v) is 2.82. The number of rotatable bonds is 4. The third-order valence-electron chi connectivity index (χ3n) is 4.08. The number of β-amino-alcohol motifs (C(OH)–C–C–N with tert-alkyl or cyclic N) is 1. The summed E-state index contributed by atoms with van der Waals surface area (Å²) in [5.41, 5.74) is 1.42. The number of nitrogens with zero attached hydrogens (tertiary/aromatic N) is 3. The lowest BCUT2D eigenvalue weighted by molar-refractivity contribution is 0.0764. The Kier molecular flexibility index (Phi) is 4.52. The number of aliphatic hydroxyl groups excluding tert-OH is 1. The molecular weight excluding hydrogens is 294 g/mol. The molecule has 2 atom stereocenters. The summed E-state index contributed by atoms with van der Waals surface area (Å²) in [5.74, 6) is 0.346.